The molecule has 3 heteroatoms. The summed E-state index contributed by atoms with van der Waals surface area (Å²) in [5, 5.41) is 0. The number of hydrogen-bond acceptors (Lipinski definition) is 0. The van der Waals surface area contributed by atoms with Gasteiger partial charge in [0.25, 0.3) is 5.50 Å². The third-order valence-corrected chi connectivity index (χ3v) is 2.55. The average molecular weight is 240 g/mol. The van der Waals surface area contributed by atoms with Crippen LogP contribution in [0.4, 0.5) is 0 Å². The summed E-state index contributed by atoms with van der Waals surface area (Å²) in [6.07, 6.45) is 3.93. The molecule has 1 heterocycles. The van der Waals surface area contributed by atoms with E-state index in [9.17, 15) is 0 Å². The maximum Gasteiger partial charge on any atom is 0.258 e. The highest BCUT2D eigenvalue weighted by Gasteiger charge is 2.15. The van der Waals surface area contributed by atoms with E-state index in [1.165, 1.54) is 0 Å². The molecule has 1 unspecified atom stereocenters. The molecule has 0 saturated heterocycles. The summed E-state index contributed by atoms with van der Waals surface area (Å²) in [5.41, 5.74) is 0.975. The molecule has 2 aromatic rings. The van der Waals surface area contributed by atoms with Crippen LogP contribution in [0.2, 0.25) is 0 Å². The van der Waals surface area contributed by atoms with Gasteiger partial charge in [0.2, 0.25) is 0 Å². The Hall–Kier alpha value is -1.05. The molecule has 0 radical (unpaired) electrons. The number of pyridine rings is 1. The number of alkyl halides is 1. The molecule has 2 rings (SSSR count). The molecule has 0 spiro atoms. The molecule has 0 amide bonds. The van der Waals surface area contributed by atoms with Crippen LogP contribution in [0.3, 0.4) is 0 Å². The van der Waals surface area contributed by atoms with Gasteiger partial charge in [-0.2, -0.15) is 4.57 Å². The molecule has 15 heavy (non-hydrogen) atoms. The standard InChI is InChI=1S/C12H11ClN.ClH/c13-12(11-7-3-1-4-8-11)14-9-5-2-6-10-14;/h1-10,12H;1H/q+1;/p-1. The van der Waals surface area contributed by atoms with Crippen LogP contribution in [0.15, 0.2) is 60.9 Å². The number of nitrogens with zero attached hydrogens (tertiary/aromatic N) is 1. The van der Waals surface area contributed by atoms with Crippen molar-refractivity contribution in [1.29, 1.82) is 0 Å². The Morgan fingerprint density at radius 3 is 2.00 bits per heavy atom. The fraction of sp³-hybridized carbons (Fsp3) is 0.0833. The van der Waals surface area contributed by atoms with Gasteiger partial charge in [0.1, 0.15) is 0 Å². The van der Waals surface area contributed by atoms with Crippen LogP contribution in [0.5, 0.6) is 0 Å². The molecular weight excluding hydrogens is 229 g/mol. The third-order valence-electron chi connectivity index (χ3n) is 2.08. The van der Waals surface area contributed by atoms with E-state index >= 15 is 0 Å². The Morgan fingerprint density at radius 2 is 1.40 bits per heavy atom. The molecule has 1 nitrogen and oxygen atoms in total. The normalized spacial score (nSPS) is 11.5. The zero-order valence-electron chi connectivity index (χ0n) is 8.05. The molecule has 0 aliphatic carbocycles. The SMILES string of the molecule is ClC(c1ccccc1)[n+]1ccccc1.[Cl-]. The van der Waals surface area contributed by atoms with Crippen molar-refractivity contribution in [3.63, 3.8) is 0 Å². The second-order valence-electron chi connectivity index (χ2n) is 3.07. The molecule has 0 fully saturated rings. The van der Waals surface area contributed by atoms with Crippen molar-refractivity contribution in [1.82, 2.24) is 0 Å². The molecule has 1 aromatic heterocycles. The van der Waals surface area contributed by atoms with E-state index in [0.29, 0.717) is 0 Å². The van der Waals surface area contributed by atoms with Crippen LogP contribution in [0, 0.1) is 0 Å². The van der Waals surface area contributed by atoms with Crippen molar-refractivity contribution in [3.8, 4) is 0 Å². The smallest absolute Gasteiger partial charge is 0.258 e. The van der Waals surface area contributed by atoms with Crippen LogP contribution in [0.25, 0.3) is 0 Å². The Kier molecular flexibility index (Phi) is 4.60. The molecular formula is C12H11Cl2N. The third kappa shape index (κ3) is 2.95. The fourth-order valence-electron chi connectivity index (χ4n) is 1.35. The molecule has 0 aliphatic heterocycles. The van der Waals surface area contributed by atoms with E-state index in [2.05, 4.69) is 0 Å². The Bertz CT molecular complexity index is 349. The van der Waals surface area contributed by atoms with Crippen molar-refractivity contribution >= 4 is 11.6 Å². The molecule has 1 aromatic carbocycles. The highest BCUT2D eigenvalue weighted by Crippen LogP contribution is 2.15. The second-order valence-corrected chi connectivity index (χ2v) is 3.48. The lowest BCUT2D eigenvalue weighted by Gasteiger charge is -2.03. The molecule has 0 saturated carbocycles. The molecule has 0 bridgehead atoms. The lowest BCUT2D eigenvalue weighted by Crippen LogP contribution is -3.00. The summed E-state index contributed by atoms with van der Waals surface area (Å²) in [5.74, 6) is 0. The lowest BCUT2D eigenvalue weighted by molar-refractivity contribution is -0.694. The summed E-state index contributed by atoms with van der Waals surface area (Å²) < 4.78 is 1.97. The summed E-state index contributed by atoms with van der Waals surface area (Å²) >= 11 is 6.29. The lowest BCUT2D eigenvalue weighted by atomic mass is 10.2. The summed E-state index contributed by atoms with van der Waals surface area (Å²) in [4.78, 5) is 0. The minimum atomic E-state index is -0.127. The van der Waals surface area contributed by atoms with Crippen LogP contribution in [0.1, 0.15) is 11.1 Å². The quantitative estimate of drug-likeness (QED) is 0.504. The first-order valence-electron chi connectivity index (χ1n) is 4.53. The van der Waals surface area contributed by atoms with Crippen LogP contribution in [-0.2, 0) is 0 Å². The predicted molar refractivity (Wildman–Crippen MR) is 57.1 cm³/mol. The Labute approximate surface area is 101 Å². The average Bonchev–Trinajstić information content (AvgIpc) is 2.30. The van der Waals surface area contributed by atoms with Gasteiger partial charge >= 0.3 is 0 Å². The molecule has 78 valence electrons. The molecule has 0 aliphatic rings. The highest BCUT2D eigenvalue weighted by atomic mass is 35.5. The highest BCUT2D eigenvalue weighted by molar-refractivity contribution is 6.19. The van der Waals surface area contributed by atoms with Crippen LogP contribution < -0.4 is 17.0 Å². The monoisotopic (exact) mass is 239 g/mol. The van der Waals surface area contributed by atoms with Gasteiger partial charge < -0.3 is 12.4 Å². The number of aromatic nitrogens is 1. The zero-order valence-corrected chi connectivity index (χ0v) is 9.57. The van der Waals surface area contributed by atoms with Gasteiger partial charge in [0.05, 0.1) is 0 Å². The van der Waals surface area contributed by atoms with Crippen molar-refractivity contribution in [2.75, 3.05) is 0 Å². The fourth-order valence-corrected chi connectivity index (χ4v) is 1.62. The minimum Gasteiger partial charge on any atom is -1.00 e. The maximum atomic E-state index is 6.29. The van der Waals surface area contributed by atoms with Gasteiger partial charge in [0, 0.05) is 17.7 Å². The second kappa shape index (κ2) is 5.74. The number of halogens is 2. The van der Waals surface area contributed by atoms with E-state index in [1.807, 2.05) is 65.5 Å². The first-order valence-corrected chi connectivity index (χ1v) is 4.96. The van der Waals surface area contributed by atoms with Crippen LogP contribution >= 0.6 is 11.6 Å². The predicted octanol–water partition coefficient (Wildman–Crippen LogP) is -0.236. The first-order chi connectivity index (χ1) is 6.88. The number of hydrogen-bond donors (Lipinski definition) is 0. The van der Waals surface area contributed by atoms with E-state index in [0.717, 1.165) is 5.56 Å². The summed E-state index contributed by atoms with van der Waals surface area (Å²) in [6.45, 7) is 0. The van der Waals surface area contributed by atoms with Gasteiger partial charge in [0.15, 0.2) is 12.4 Å². The van der Waals surface area contributed by atoms with Gasteiger partial charge in [-0.25, -0.2) is 0 Å². The van der Waals surface area contributed by atoms with Gasteiger partial charge in [-0.05, 0) is 11.6 Å². The van der Waals surface area contributed by atoms with Gasteiger partial charge in [-0.3, -0.25) is 0 Å². The Balaban J connectivity index is 0.00000112. The first kappa shape index (κ1) is 12.0. The van der Waals surface area contributed by atoms with Crippen molar-refractivity contribution in [2.45, 2.75) is 5.50 Å². The number of rotatable bonds is 2. The van der Waals surface area contributed by atoms with E-state index < -0.39 is 0 Å². The zero-order chi connectivity index (χ0) is 9.80. The van der Waals surface area contributed by atoms with Crippen molar-refractivity contribution in [2.24, 2.45) is 0 Å². The van der Waals surface area contributed by atoms with Crippen molar-refractivity contribution < 1.29 is 17.0 Å². The number of benzene rings is 1. The van der Waals surface area contributed by atoms with Gasteiger partial charge in [-0.1, -0.05) is 36.4 Å². The van der Waals surface area contributed by atoms with E-state index in [-0.39, 0.29) is 17.9 Å². The van der Waals surface area contributed by atoms with Crippen molar-refractivity contribution in [3.05, 3.63) is 66.5 Å². The van der Waals surface area contributed by atoms with Gasteiger partial charge in [-0.15, -0.1) is 0 Å². The Morgan fingerprint density at radius 1 is 0.867 bits per heavy atom. The van der Waals surface area contributed by atoms with E-state index in [4.69, 9.17) is 11.6 Å². The molecule has 1 atom stereocenters. The van der Waals surface area contributed by atoms with E-state index in [1.54, 1.807) is 0 Å². The summed E-state index contributed by atoms with van der Waals surface area (Å²) in [6, 6.07) is 15.9. The summed E-state index contributed by atoms with van der Waals surface area (Å²) in [7, 11) is 0. The topological polar surface area (TPSA) is 3.88 Å². The largest absolute Gasteiger partial charge is 1.00 e. The minimum absolute atomic E-state index is 0. The molecule has 0 N–H and O–H groups in total. The van der Waals surface area contributed by atoms with Crippen LogP contribution in [-0.4, -0.2) is 0 Å². The maximum absolute atomic E-state index is 6.29.